The van der Waals surface area contributed by atoms with E-state index in [4.69, 9.17) is 4.42 Å². The molecule has 28 heavy (non-hydrogen) atoms. The number of thioether (sulfide) groups is 1. The molecule has 0 N–H and O–H groups in total. The third kappa shape index (κ3) is 4.15. The van der Waals surface area contributed by atoms with E-state index in [0.29, 0.717) is 5.09 Å². The van der Waals surface area contributed by atoms with Crippen LogP contribution >= 0.6 is 11.8 Å². The molecule has 2 aromatic carbocycles. The van der Waals surface area contributed by atoms with Crippen LogP contribution in [0.4, 0.5) is 11.4 Å². The van der Waals surface area contributed by atoms with Gasteiger partial charge in [0.1, 0.15) is 5.76 Å². The summed E-state index contributed by atoms with van der Waals surface area (Å²) in [5, 5.41) is 0.702. The van der Waals surface area contributed by atoms with Crippen LogP contribution in [-0.4, -0.2) is 16.6 Å². The van der Waals surface area contributed by atoms with Gasteiger partial charge in [-0.25, -0.2) is 0 Å². The summed E-state index contributed by atoms with van der Waals surface area (Å²) < 4.78 is 5.86. The Morgan fingerprint density at radius 1 is 0.857 bits per heavy atom. The van der Waals surface area contributed by atoms with Crippen LogP contribution in [0, 0.1) is 0 Å². The van der Waals surface area contributed by atoms with E-state index in [1.807, 2.05) is 84.9 Å². The first-order valence-corrected chi connectivity index (χ1v) is 9.86. The maximum atomic E-state index is 13.0. The first-order valence-electron chi connectivity index (χ1n) is 8.87. The maximum Gasteiger partial charge on any atom is 0.242 e. The lowest BCUT2D eigenvalue weighted by Crippen LogP contribution is -2.27. The van der Waals surface area contributed by atoms with Crippen molar-refractivity contribution in [1.82, 2.24) is 4.98 Å². The number of amides is 1. The van der Waals surface area contributed by atoms with E-state index in [1.165, 1.54) is 11.8 Å². The molecule has 0 bridgehead atoms. The first-order chi connectivity index (χ1) is 13.8. The molecule has 0 spiro atoms. The summed E-state index contributed by atoms with van der Waals surface area (Å²) in [5.41, 5.74) is 2.60. The van der Waals surface area contributed by atoms with Gasteiger partial charge in [-0.2, -0.15) is 0 Å². The summed E-state index contributed by atoms with van der Waals surface area (Å²) in [6.45, 7) is 0. The first kappa shape index (κ1) is 18.1. The molecule has 0 saturated carbocycles. The van der Waals surface area contributed by atoms with Crippen molar-refractivity contribution in [2.45, 2.75) is 5.09 Å². The van der Waals surface area contributed by atoms with Gasteiger partial charge in [-0.15, -0.1) is 0 Å². The van der Waals surface area contributed by atoms with Crippen LogP contribution in [0.25, 0.3) is 11.3 Å². The quantitative estimate of drug-likeness (QED) is 0.393. The van der Waals surface area contributed by atoms with Gasteiger partial charge in [-0.3, -0.25) is 14.7 Å². The summed E-state index contributed by atoms with van der Waals surface area (Å²) in [6.07, 6.45) is 3.48. The van der Waals surface area contributed by atoms with Gasteiger partial charge >= 0.3 is 0 Å². The lowest BCUT2D eigenvalue weighted by molar-refractivity contribution is -0.115. The topological polar surface area (TPSA) is 46.3 Å². The van der Waals surface area contributed by atoms with Crippen molar-refractivity contribution in [2.75, 3.05) is 10.7 Å². The lowest BCUT2D eigenvalue weighted by atomic mass is 10.2. The molecule has 0 aliphatic rings. The van der Waals surface area contributed by atoms with Crippen molar-refractivity contribution >= 4 is 29.0 Å². The second-order valence-corrected chi connectivity index (χ2v) is 7.03. The average molecular weight is 386 g/mol. The van der Waals surface area contributed by atoms with Crippen LogP contribution in [0.3, 0.4) is 0 Å². The van der Waals surface area contributed by atoms with Crippen molar-refractivity contribution in [3.8, 4) is 11.3 Å². The van der Waals surface area contributed by atoms with Crippen LogP contribution < -0.4 is 4.90 Å². The number of para-hydroxylation sites is 2. The summed E-state index contributed by atoms with van der Waals surface area (Å²) in [4.78, 5) is 18.9. The molecule has 2 heterocycles. The van der Waals surface area contributed by atoms with Gasteiger partial charge in [-0.05, 0) is 48.5 Å². The number of rotatable bonds is 6. The average Bonchev–Trinajstić information content (AvgIpc) is 3.24. The summed E-state index contributed by atoms with van der Waals surface area (Å²) in [6, 6.07) is 26.9. The molecular weight excluding hydrogens is 368 g/mol. The number of benzene rings is 2. The fraction of sp³-hybridized carbons (Fsp3) is 0.0435. The zero-order chi connectivity index (χ0) is 19.2. The van der Waals surface area contributed by atoms with Crippen LogP contribution in [0.5, 0.6) is 0 Å². The second kappa shape index (κ2) is 8.59. The molecule has 5 heteroatoms. The Morgan fingerprint density at radius 3 is 2.14 bits per heavy atom. The van der Waals surface area contributed by atoms with Gasteiger partial charge in [-0.1, -0.05) is 48.2 Å². The minimum Gasteiger partial charge on any atom is -0.450 e. The number of pyridine rings is 1. The van der Waals surface area contributed by atoms with Gasteiger partial charge in [0.15, 0.2) is 5.09 Å². The number of carbonyl (C=O) groups excluding carboxylic acids is 1. The van der Waals surface area contributed by atoms with E-state index in [2.05, 4.69) is 4.98 Å². The number of hydrogen-bond acceptors (Lipinski definition) is 4. The molecular formula is C23H18N2O2S. The van der Waals surface area contributed by atoms with E-state index in [0.717, 1.165) is 22.7 Å². The Bertz CT molecular complexity index is 994. The third-order valence-electron chi connectivity index (χ3n) is 4.14. The van der Waals surface area contributed by atoms with E-state index in [-0.39, 0.29) is 11.7 Å². The molecule has 4 rings (SSSR count). The molecule has 0 aliphatic heterocycles. The van der Waals surface area contributed by atoms with Crippen molar-refractivity contribution in [3.63, 3.8) is 0 Å². The summed E-state index contributed by atoms with van der Waals surface area (Å²) in [5.74, 6) is 0.997. The Balaban J connectivity index is 1.50. The molecule has 0 aliphatic carbocycles. The molecule has 4 aromatic rings. The van der Waals surface area contributed by atoms with Crippen molar-refractivity contribution in [1.29, 1.82) is 0 Å². The van der Waals surface area contributed by atoms with Crippen molar-refractivity contribution in [3.05, 3.63) is 97.3 Å². The van der Waals surface area contributed by atoms with Gasteiger partial charge in [0.2, 0.25) is 5.91 Å². The van der Waals surface area contributed by atoms with Gasteiger partial charge in [0, 0.05) is 29.3 Å². The monoisotopic (exact) mass is 386 g/mol. The van der Waals surface area contributed by atoms with Gasteiger partial charge < -0.3 is 4.42 Å². The smallest absolute Gasteiger partial charge is 0.242 e. The zero-order valence-corrected chi connectivity index (χ0v) is 15.9. The Hall–Kier alpha value is -3.31. The van der Waals surface area contributed by atoms with Gasteiger partial charge in [0.25, 0.3) is 0 Å². The van der Waals surface area contributed by atoms with Crippen LogP contribution in [0.1, 0.15) is 0 Å². The molecule has 0 radical (unpaired) electrons. The third-order valence-corrected chi connectivity index (χ3v) is 5.04. The number of aromatic nitrogens is 1. The number of hydrogen-bond donors (Lipinski definition) is 0. The maximum absolute atomic E-state index is 13.0. The predicted molar refractivity (Wildman–Crippen MR) is 113 cm³/mol. The number of furan rings is 1. The van der Waals surface area contributed by atoms with Crippen molar-refractivity contribution in [2.24, 2.45) is 0 Å². The highest BCUT2D eigenvalue weighted by Crippen LogP contribution is 2.30. The van der Waals surface area contributed by atoms with Gasteiger partial charge in [0.05, 0.1) is 5.75 Å². The Morgan fingerprint density at radius 2 is 1.54 bits per heavy atom. The lowest BCUT2D eigenvalue weighted by Gasteiger charge is -2.22. The zero-order valence-electron chi connectivity index (χ0n) is 15.1. The highest BCUT2D eigenvalue weighted by Gasteiger charge is 2.18. The molecule has 138 valence electrons. The van der Waals surface area contributed by atoms with E-state index in [9.17, 15) is 4.79 Å². The minimum absolute atomic E-state index is 0.0123. The van der Waals surface area contributed by atoms with Crippen LogP contribution in [0.2, 0.25) is 0 Å². The summed E-state index contributed by atoms with van der Waals surface area (Å²) >= 11 is 1.38. The number of nitrogens with zero attached hydrogens (tertiary/aromatic N) is 2. The van der Waals surface area contributed by atoms with E-state index >= 15 is 0 Å². The molecule has 0 fully saturated rings. The van der Waals surface area contributed by atoms with Crippen LogP contribution in [0.15, 0.2) is 107 Å². The normalized spacial score (nSPS) is 10.6. The molecule has 0 saturated heterocycles. The highest BCUT2D eigenvalue weighted by atomic mass is 32.2. The summed E-state index contributed by atoms with van der Waals surface area (Å²) in [7, 11) is 0. The highest BCUT2D eigenvalue weighted by molar-refractivity contribution is 7.99. The standard InChI is InChI=1S/C23H18N2O2S/c26-22(17-28-23-14-13-21(27-23)18-8-7-15-24-16-18)25(19-9-3-1-4-10-19)20-11-5-2-6-12-20/h1-16H,17H2. The molecule has 0 unspecified atom stereocenters. The van der Waals surface area contributed by atoms with Crippen molar-refractivity contribution < 1.29 is 9.21 Å². The minimum atomic E-state index is -0.0123. The fourth-order valence-electron chi connectivity index (χ4n) is 2.85. The van der Waals surface area contributed by atoms with Crippen LogP contribution in [-0.2, 0) is 4.79 Å². The largest absolute Gasteiger partial charge is 0.450 e. The Labute approximate surface area is 167 Å². The number of anilines is 2. The second-order valence-electron chi connectivity index (χ2n) is 6.05. The van der Waals surface area contributed by atoms with E-state index in [1.54, 1.807) is 17.3 Å². The molecule has 2 aromatic heterocycles. The predicted octanol–water partition coefficient (Wildman–Crippen LogP) is 5.80. The molecule has 1 amide bonds. The SMILES string of the molecule is O=C(CSc1ccc(-c2cccnc2)o1)N(c1ccccc1)c1ccccc1. The molecule has 0 atom stereocenters. The number of carbonyl (C=O) groups is 1. The Kier molecular flexibility index (Phi) is 5.54. The van der Waals surface area contributed by atoms with E-state index < -0.39 is 0 Å². The molecule has 4 nitrogen and oxygen atoms in total. The fourth-order valence-corrected chi connectivity index (χ4v) is 3.56.